The molecule has 394 valence electrons. The third-order valence-electron chi connectivity index (χ3n) is 13.7. The molecule has 6 heteroatoms. The van der Waals surface area contributed by atoms with Crippen LogP contribution in [0.5, 0.6) is 0 Å². The molecule has 5 N–H and O–H groups in total. The van der Waals surface area contributed by atoms with E-state index in [0.29, 0.717) is 19.3 Å². The molecule has 4 atom stereocenters. The number of nitrogens with one attached hydrogen (secondary N) is 1. The van der Waals surface area contributed by atoms with E-state index < -0.39 is 36.9 Å². The average molecular weight is 943 g/mol. The molecule has 0 aromatic rings. The Hall–Kier alpha value is -1.73. The Bertz CT molecular complexity index is 1100. The minimum Gasteiger partial charge on any atom is -0.394 e. The van der Waals surface area contributed by atoms with Crippen LogP contribution in [0.15, 0.2) is 48.6 Å². The number of aliphatic hydroxyl groups excluding tert-OH is 4. The predicted molar refractivity (Wildman–Crippen MR) is 293 cm³/mol. The Labute approximate surface area is 417 Å². The summed E-state index contributed by atoms with van der Waals surface area (Å²) >= 11 is 0. The van der Waals surface area contributed by atoms with Crippen LogP contribution in [0.1, 0.15) is 303 Å². The molecule has 0 rings (SSSR count). The molecule has 0 heterocycles. The van der Waals surface area contributed by atoms with Crippen molar-refractivity contribution in [3.8, 4) is 0 Å². The van der Waals surface area contributed by atoms with E-state index in [9.17, 15) is 25.2 Å². The number of allylic oxidation sites excluding steroid dienone is 8. The summed E-state index contributed by atoms with van der Waals surface area (Å²) in [7, 11) is 0. The fourth-order valence-corrected chi connectivity index (χ4v) is 9.08. The van der Waals surface area contributed by atoms with Crippen LogP contribution in [0.2, 0.25) is 0 Å². The Morgan fingerprint density at radius 1 is 0.358 bits per heavy atom. The van der Waals surface area contributed by atoms with Gasteiger partial charge in [0.1, 0.15) is 12.2 Å². The molecule has 0 aromatic carbocycles. The maximum Gasteiger partial charge on any atom is 0.249 e. The van der Waals surface area contributed by atoms with Gasteiger partial charge in [0.2, 0.25) is 5.91 Å². The zero-order chi connectivity index (χ0) is 48.8. The van der Waals surface area contributed by atoms with Crippen LogP contribution in [0.4, 0.5) is 0 Å². The predicted octanol–water partition coefficient (Wildman–Crippen LogP) is 17.4. The Morgan fingerprint density at radius 2 is 0.627 bits per heavy atom. The monoisotopic (exact) mass is 942 g/mol. The molecular formula is C61H115NO5. The summed E-state index contributed by atoms with van der Waals surface area (Å²) in [5, 5.41) is 44.0. The largest absolute Gasteiger partial charge is 0.394 e. The van der Waals surface area contributed by atoms with Crippen molar-refractivity contribution in [2.75, 3.05) is 6.61 Å². The molecule has 6 nitrogen and oxygen atoms in total. The van der Waals surface area contributed by atoms with Crippen LogP contribution in [0.25, 0.3) is 0 Å². The number of unbranched alkanes of at least 4 members (excludes halogenated alkanes) is 37. The molecule has 0 aliphatic carbocycles. The molecular weight excluding hydrogens is 827 g/mol. The second kappa shape index (κ2) is 55.2. The van der Waals surface area contributed by atoms with E-state index in [1.807, 2.05) is 0 Å². The van der Waals surface area contributed by atoms with Crippen LogP contribution in [-0.2, 0) is 4.79 Å². The van der Waals surface area contributed by atoms with Gasteiger partial charge < -0.3 is 25.7 Å². The third-order valence-corrected chi connectivity index (χ3v) is 13.7. The topological polar surface area (TPSA) is 110 Å². The molecule has 0 spiro atoms. The summed E-state index contributed by atoms with van der Waals surface area (Å²) in [5.74, 6) is -0.597. The number of hydrogen-bond acceptors (Lipinski definition) is 5. The first-order valence-electron chi connectivity index (χ1n) is 29.5. The molecule has 0 saturated carbocycles. The van der Waals surface area contributed by atoms with E-state index in [1.165, 1.54) is 218 Å². The Balaban J connectivity index is 3.67. The fraction of sp³-hybridized carbons (Fsp3) is 0.852. The van der Waals surface area contributed by atoms with Crippen LogP contribution in [-0.4, -0.2) is 57.3 Å². The van der Waals surface area contributed by atoms with Gasteiger partial charge in [-0.1, -0.05) is 262 Å². The number of amides is 1. The third kappa shape index (κ3) is 49.1. The van der Waals surface area contributed by atoms with Gasteiger partial charge in [0.05, 0.1) is 18.8 Å². The maximum atomic E-state index is 12.6. The summed E-state index contributed by atoms with van der Waals surface area (Å²) in [5.41, 5.74) is 0. The standard InChI is InChI=1S/C61H115NO5/c1-3-5-7-9-11-13-15-17-19-21-23-25-27-28-29-30-31-32-33-35-37-39-41-43-45-47-49-51-53-55-59(65)61(67)62-57(56-63)60(66)58(64)54-52-50-48-46-44-42-40-38-36-34-26-24-22-20-18-16-14-12-10-8-6-4-2/h24,26,28-29,38,40,46,48,57-60,63-66H,3-23,25,27,30-37,39,41-45,47,49-56H2,1-2H3,(H,62,67)/b26-24+,29-28-,40-38+,48-46+. The quantitative estimate of drug-likeness (QED) is 0.0308. The molecule has 0 saturated heterocycles. The van der Waals surface area contributed by atoms with E-state index in [-0.39, 0.29) is 0 Å². The number of carbonyl (C=O) groups excluding carboxylic acids is 1. The second-order valence-corrected chi connectivity index (χ2v) is 20.3. The zero-order valence-corrected chi connectivity index (χ0v) is 44.7. The molecule has 67 heavy (non-hydrogen) atoms. The van der Waals surface area contributed by atoms with Crippen LogP contribution in [0.3, 0.4) is 0 Å². The van der Waals surface area contributed by atoms with Crippen LogP contribution >= 0.6 is 0 Å². The minimum absolute atomic E-state index is 0.358. The number of hydrogen-bond donors (Lipinski definition) is 5. The van der Waals surface area contributed by atoms with E-state index in [4.69, 9.17) is 0 Å². The lowest BCUT2D eigenvalue weighted by molar-refractivity contribution is -0.132. The van der Waals surface area contributed by atoms with E-state index >= 15 is 0 Å². The van der Waals surface area contributed by atoms with Gasteiger partial charge in [0, 0.05) is 0 Å². The Kier molecular flexibility index (Phi) is 53.8. The second-order valence-electron chi connectivity index (χ2n) is 20.3. The summed E-state index contributed by atoms with van der Waals surface area (Å²) in [6, 6.07) is -1.01. The molecule has 0 aliphatic heterocycles. The SMILES string of the molecule is CCCCCCCCCCC/C=C/CC/C=C/CC/C=C/CCCC(O)C(O)C(CO)NC(=O)C(O)CCCCCCCCCCCCCCC/C=C\CCCCCCCCCCCCCC. The first-order chi connectivity index (χ1) is 33.0. The van der Waals surface area contributed by atoms with Gasteiger partial charge >= 0.3 is 0 Å². The molecule has 0 aliphatic rings. The lowest BCUT2D eigenvalue weighted by Gasteiger charge is -2.27. The lowest BCUT2D eigenvalue weighted by Crippen LogP contribution is -2.53. The van der Waals surface area contributed by atoms with Gasteiger partial charge in [-0.15, -0.1) is 0 Å². The number of carbonyl (C=O) groups is 1. The number of aliphatic hydroxyl groups is 4. The summed E-state index contributed by atoms with van der Waals surface area (Å²) in [6.07, 6.45) is 70.5. The van der Waals surface area contributed by atoms with Gasteiger partial charge in [0.25, 0.3) is 0 Å². The van der Waals surface area contributed by atoms with Crippen molar-refractivity contribution in [3.05, 3.63) is 48.6 Å². The van der Waals surface area contributed by atoms with Crippen molar-refractivity contribution in [2.45, 2.75) is 327 Å². The van der Waals surface area contributed by atoms with Crippen molar-refractivity contribution < 1.29 is 25.2 Å². The van der Waals surface area contributed by atoms with Gasteiger partial charge in [-0.05, 0) is 89.9 Å². The lowest BCUT2D eigenvalue weighted by atomic mass is 10.00. The van der Waals surface area contributed by atoms with Crippen LogP contribution in [0, 0.1) is 0 Å². The molecule has 0 aromatic heterocycles. The molecule has 0 fully saturated rings. The van der Waals surface area contributed by atoms with Gasteiger partial charge in [-0.2, -0.15) is 0 Å². The highest BCUT2D eigenvalue weighted by atomic mass is 16.3. The van der Waals surface area contributed by atoms with E-state index in [1.54, 1.807) is 0 Å². The zero-order valence-electron chi connectivity index (χ0n) is 44.7. The highest BCUT2D eigenvalue weighted by Gasteiger charge is 2.28. The van der Waals surface area contributed by atoms with E-state index in [2.05, 4.69) is 67.8 Å². The minimum atomic E-state index is -1.30. The average Bonchev–Trinajstić information content (AvgIpc) is 3.33. The Morgan fingerprint density at radius 3 is 0.940 bits per heavy atom. The molecule has 1 amide bonds. The highest BCUT2D eigenvalue weighted by Crippen LogP contribution is 2.17. The first-order valence-corrected chi connectivity index (χ1v) is 29.5. The van der Waals surface area contributed by atoms with Crippen molar-refractivity contribution in [3.63, 3.8) is 0 Å². The normalized spacial score (nSPS) is 14.1. The summed E-state index contributed by atoms with van der Waals surface area (Å²) in [4.78, 5) is 12.6. The highest BCUT2D eigenvalue weighted by molar-refractivity contribution is 5.80. The molecule has 4 unspecified atom stereocenters. The van der Waals surface area contributed by atoms with Crippen LogP contribution < -0.4 is 5.32 Å². The van der Waals surface area contributed by atoms with Crippen molar-refractivity contribution in [1.82, 2.24) is 5.32 Å². The van der Waals surface area contributed by atoms with Crippen molar-refractivity contribution in [1.29, 1.82) is 0 Å². The fourth-order valence-electron chi connectivity index (χ4n) is 9.08. The molecule has 0 radical (unpaired) electrons. The summed E-state index contributed by atoms with van der Waals surface area (Å²) in [6.45, 7) is 4.06. The molecule has 0 bridgehead atoms. The van der Waals surface area contributed by atoms with Crippen molar-refractivity contribution in [2.24, 2.45) is 0 Å². The first kappa shape index (κ1) is 65.3. The van der Waals surface area contributed by atoms with Gasteiger partial charge in [0.15, 0.2) is 0 Å². The van der Waals surface area contributed by atoms with E-state index in [0.717, 1.165) is 51.4 Å². The smallest absolute Gasteiger partial charge is 0.249 e. The van der Waals surface area contributed by atoms with Crippen molar-refractivity contribution >= 4 is 5.91 Å². The number of rotatable bonds is 54. The summed E-state index contributed by atoms with van der Waals surface area (Å²) < 4.78 is 0. The van der Waals surface area contributed by atoms with Gasteiger partial charge in [-0.25, -0.2) is 0 Å². The maximum absolute atomic E-state index is 12.6. The van der Waals surface area contributed by atoms with Gasteiger partial charge in [-0.3, -0.25) is 4.79 Å².